The van der Waals surface area contributed by atoms with E-state index in [-0.39, 0.29) is 11.5 Å². The molecular weight excluding hydrogens is 366 g/mol. The van der Waals surface area contributed by atoms with Crippen LogP contribution in [0, 0.1) is 0 Å². The summed E-state index contributed by atoms with van der Waals surface area (Å²) < 4.78 is 5.30. The monoisotopic (exact) mass is 381 g/mol. The molecule has 0 fully saturated rings. The molecule has 1 unspecified atom stereocenters. The van der Waals surface area contributed by atoms with Gasteiger partial charge in [0.25, 0.3) is 11.8 Å². The van der Waals surface area contributed by atoms with Crippen molar-refractivity contribution in [3.63, 3.8) is 0 Å². The summed E-state index contributed by atoms with van der Waals surface area (Å²) in [6, 6.07) is 14.0. The Bertz CT molecular complexity index is 1040. The van der Waals surface area contributed by atoms with Crippen LogP contribution in [0.2, 0.25) is 5.02 Å². The molecule has 0 saturated carbocycles. The van der Waals surface area contributed by atoms with E-state index in [1.165, 1.54) is 4.90 Å². The Morgan fingerprint density at radius 3 is 2.67 bits per heavy atom. The Morgan fingerprint density at radius 1 is 1.26 bits per heavy atom. The minimum Gasteiger partial charge on any atom is -0.372 e. The summed E-state index contributed by atoms with van der Waals surface area (Å²) in [5.41, 5.74) is -0.110. The number of fused-ring (bicyclic) bond motifs is 1. The molecule has 7 heteroatoms. The van der Waals surface area contributed by atoms with Crippen molar-refractivity contribution in [3.05, 3.63) is 71.6 Å². The van der Waals surface area contributed by atoms with Crippen LogP contribution in [0.15, 0.2) is 59.6 Å². The number of para-hydroxylation sites is 1. The smallest absolute Gasteiger partial charge is 0.268 e. The van der Waals surface area contributed by atoms with Gasteiger partial charge in [0.15, 0.2) is 0 Å². The molecule has 0 bridgehead atoms. The minimum atomic E-state index is -1.95. The van der Waals surface area contributed by atoms with Crippen molar-refractivity contribution in [1.82, 2.24) is 10.1 Å². The number of likely N-dealkylation sites (N-methyl/N-ethyl adjacent to an activating group) is 1. The van der Waals surface area contributed by atoms with Crippen LogP contribution in [0.3, 0.4) is 0 Å². The average Bonchev–Trinajstić information content (AvgIpc) is 3.25. The fourth-order valence-electron chi connectivity index (χ4n) is 3.26. The van der Waals surface area contributed by atoms with Crippen molar-refractivity contribution in [2.75, 3.05) is 11.4 Å². The third-order valence-corrected chi connectivity index (χ3v) is 4.93. The minimum absolute atomic E-state index is 0.00329. The van der Waals surface area contributed by atoms with E-state index in [9.17, 15) is 9.90 Å². The highest BCUT2D eigenvalue weighted by Crippen LogP contribution is 2.46. The van der Waals surface area contributed by atoms with Crippen LogP contribution >= 0.6 is 11.6 Å². The molecule has 4 rings (SSSR count). The first kappa shape index (κ1) is 17.5. The lowest BCUT2D eigenvalue weighted by Crippen LogP contribution is -2.41. The topological polar surface area (TPSA) is 79.5 Å². The fourth-order valence-corrected chi connectivity index (χ4v) is 3.38. The van der Waals surface area contributed by atoms with Crippen LogP contribution in [0.4, 0.5) is 5.69 Å². The van der Waals surface area contributed by atoms with Gasteiger partial charge in [0.1, 0.15) is 0 Å². The van der Waals surface area contributed by atoms with Gasteiger partial charge in [-0.1, -0.05) is 41.5 Å². The van der Waals surface area contributed by atoms with E-state index < -0.39 is 11.5 Å². The van der Waals surface area contributed by atoms with Gasteiger partial charge in [-0.25, -0.2) is 0 Å². The van der Waals surface area contributed by atoms with Crippen molar-refractivity contribution < 1.29 is 14.4 Å². The molecule has 1 aliphatic heterocycles. The number of nitrogens with zero attached hydrogens (tertiary/aromatic N) is 3. The standard InChI is InChI=1S/C20H16ClN3O3/c1-3-24-16-7-5-4-6-15(16)20(26,19(24)25)12(2)18-22-17(23-27-18)13-8-10-14(21)11-9-13/h4-11,26H,2-3H2,1H3. The van der Waals surface area contributed by atoms with Crippen LogP contribution in [0.25, 0.3) is 17.0 Å². The van der Waals surface area contributed by atoms with Crippen molar-refractivity contribution in [1.29, 1.82) is 0 Å². The Labute approximate surface area is 160 Å². The lowest BCUT2D eigenvalue weighted by Gasteiger charge is -2.22. The second-order valence-corrected chi connectivity index (χ2v) is 6.62. The largest absolute Gasteiger partial charge is 0.372 e. The van der Waals surface area contributed by atoms with Gasteiger partial charge in [-0.3, -0.25) is 4.79 Å². The lowest BCUT2D eigenvalue weighted by atomic mass is 9.88. The highest BCUT2D eigenvalue weighted by atomic mass is 35.5. The Kier molecular flexibility index (Phi) is 4.09. The zero-order valence-corrected chi connectivity index (χ0v) is 15.3. The molecular formula is C20H16ClN3O3. The molecule has 0 spiro atoms. The van der Waals surface area contributed by atoms with Crippen LogP contribution in [0.1, 0.15) is 18.4 Å². The van der Waals surface area contributed by atoms with Gasteiger partial charge in [0, 0.05) is 22.7 Å². The number of hydrogen-bond acceptors (Lipinski definition) is 5. The number of hydrogen-bond donors (Lipinski definition) is 1. The van der Waals surface area contributed by atoms with Crippen LogP contribution in [-0.4, -0.2) is 27.7 Å². The van der Waals surface area contributed by atoms with Crippen molar-refractivity contribution in [3.8, 4) is 11.4 Å². The molecule has 0 aliphatic carbocycles. The predicted molar refractivity (Wildman–Crippen MR) is 102 cm³/mol. The van der Waals surface area contributed by atoms with E-state index in [1.807, 2.05) is 13.0 Å². The number of benzene rings is 2. The van der Waals surface area contributed by atoms with Gasteiger partial charge in [-0.2, -0.15) is 4.98 Å². The number of amides is 1. The number of rotatable bonds is 4. The molecule has 1 atom stereocenters. The summed E-state index contributed by atoms with van der Waals surface area (Å²) in [4.78, 5) is 18.8. The third-order valence-electron chi connectivity index (χ3n) is 4.68. The fraction of sp³-hybridized carbons (Fsp3) is 0.150. The molecule has 1 amide bonds. The van der Waals surface area contributed by atoms with Gasteiger partial charge < -0.3 is 14.5 Å². The molecule has 0 radical (unpaired) electrons. The first-order valence-electron chi connectivity index (χ1n) is 8.40. The summed E-state index contributed by atoms with van der Waals surface area (Å²) in [6.07, 6.45) is 0. The van der Waals surface area contributed by atoms with E-state index in [2.05, 4.69) is 16.7 Å². The molecule has 27 heavy (non-hydrogen) atoms. The van der Waals surface area contributed by atoms with E-state index in [1.54, 1.807) is 42.5 Å². The maximum atomic E-state index is 13.0. The molecule has 1 aliphatic rings. The highest BCUT2D eigenvalue weighted by Gasteiger charge is 2.52. The van der Waals surface area contributed by atoms with Crippen LogP contribution < -0.4 is 4.90 Å². The summed E-state index contributed by atoms with van der Waals surface area (Å²) >= 11 is 5.90. The number of carbonyl (C=O) groups is 1. The molecule has 1 aromatic heterocycles. The van der Waals surface area contributed by atoms with Gasteiger partial charge in [-0.15, -0.1) is 0 Å². The Morgan fingerprint density at radius 2 is 1.96 bits per heavy atom. The third kappa shape index (κ3) is 2.57. The molecule has 136 valence electrons. The zero-order valence-electron chi connectivity index (χ0n) is 14.5. The lowest BCUT2D eigenvalue weighted by molar-refractivity contribution is -0.130. The highest BCUT2D eigenvalue weighted by molar-refractivity contribution is 6.30. The molecule has 0 saturated heterocycles. The summed E-state index contributed by atoms with van der Waals surface area (Å²) in [5, 5.41) is 15.8. The summed E-state index contributed by atoms with van der Waals surface area (Å²) in [5.74, 6) is -0.163. The van der Waals surface area contributed by atoms with Gasteiger partial charge >= 0.3 is 0 Å². The quantitative estimate of drug-likeness (QED) is 0.746. The average molecular weight is 382 g/mol. The van der Waals surface area contributed by atoms with E-state index in [0.29, 0.717) is 34.2 Å². The summed E-state index contributed by atoms with van der Waals surface area (Å²) in [7, 11) is 0. The van der Waals surface area contributed by atoms with E-state index in [0.717, 1.165) is 0 Å². The second-order valence-electron chi connectivity index (χ2n) is 6.19. The molecule has 3 aromatic rings. The Balaban J connectivity index is 1.75. The first-order chi connectivity index (χ1) is 13.0. The number of anilines is 1. The molecule has 6 nitrogen and oxygen atoms in total. The molecule has 1 N–H and O–H groups in total. The Hall–Kier alpha value is -2.96. The van der Waals surface area contributed by atoms with Gasteiger partial charge in [-0.05, 0) is 37.3 Å². The van der Waals surface area contributed by atoms with Crippen molar-refractivity contribution in [2.45, 2.75) is 12.5 Å². The number of aromatic nitrogens is 2. The maximum absolute atomic E-state index is 13.0. The van der Waals surface area contributed by atoms with Crippen LogP contribution in [-0.2, 0) is 10.4 Å². The van der Waals surface area contributed by atoms with Crippen molar-refractivity contribution >= 4 is 28.8 Å². The molecule has 2 heterocycles. The van der Waals surface area contributed by atoms with Crippen molar-refractivity contribution in [2.24, 2.45) is 0 Å². The van der Waals surface area contributed by atoms with E-state index >= 15 is 0 Å². The maximum Gasteiger partial charge on any atom is 0.268 e. The number of halogens is 1. The number of carbonyl (C=O) groups excluding carboxylic acids is 1. The first-order valence-corrected chi connectivity index (χ1v) is 8.78. The van der Waals surface area contributed by atoms with Gasteiger partial charge in [0.05, 0.1) is 11.3 Å². The predicted octanol–water partition coefficient (Wildman–Crippen LogP) is 3.66. The normalized spacial score (nSPS) is 18.6. The van der Waals surface area contributed by atoms with Crippen LogP contribution in [0.5, 0.6) is 0 Å². The SMILES string of the molecule is C=C(c1nc(-c2ccc(Cl)cc2)no1)C1(O)C(=O)N(CC)c2ccccc21. The number of aliphatic hydroxyl groups is 1. The zero-order chi connectivity index (χ0) is 19.2. The van der Waals surface area contributed by atoms with E-state index in [4.69, 9.17) is 16.1 Å². The van der Waals surface area contributed by atoms with Gasteiger partial charge in [0.2, 0.25) is 11.4 Å². The molecule has 2 aromatic carbocycles. The summed E-state index contributed by atoms with van der Waals surface area (Å²) in [6.45, 7) is 6.17. The second kappa shape index (κ2) is 6.33.